The topological polar surface area (TPSA) is 103 Å². The number of aliphatic hydroxyl groups excluding tert-OH is 1. The number of nitrogens with zero attached hydrogens (tertiary/aromatic N) is 4. The average Bonchev–Trinajstić information content (AvgIpc) is 3.44. The lowest BCUT2D eigenvalue weighted by Crippen LogP contribution is -2.12. The van der Waals surface area contributed by atoms with E-state index in [2.05, 4.69) is 9.55 Å². The summed E-state index contributed by atoms with van der Waals surface area (Å²) in [7, 11) is -3.81. The van der Waals surface area contributed by atoms with E-state index in [0.717, 1.165) is 16.5 Å². The summed E-state index contributed by atoms with van der Waals surface area (Å²) >= 11 is 0. The fourth-order valence-corrected chi connectivity index (χ4v) is 7.18. The molecule has 2 aliphatic carbocycles. The molecule has 2 aliphatic rings. The van der Waals surface area contributed by atoms with Crippen LogP contribution < -0.4 is 0 Å². The van der Waals surface area contributed by atoms with Crippen LogP contribution in [0.4, 0.5) is 0 Å². The number of aryl methyl sites for hydroxylation is 1. The summed E-state index contributed by atoms with van der Waals surface area (Å²) in [6, 6.07) is 12.5. The summed E-state index contributed by atoms with van der Waals surface area (Å²) in [5.74, 6) is 2.96. The number of imidazole rings is 1. The van der Waals surface area contributed by atoms with Gasteiger partial charge in [-0.3, -0.25) is 0 Å². The minimum atomic E-state index is -3.81. The van der Waals surface area contributed by atoms with Crippen molar-refractivity contribution in [1.29, 1.82) is 0 Å². The van der Waals surface area contributed by atoms with Crippen LogP contribution in [-0.4, -0.2) is 32.0 Å². The standard InChI is InChI=1S/C26H24N4O4S/c1-15-5-8-17(9-6-15)35(32,33)29-12-11-20-24-21(13-27-25(20)29)28-26(22-10-7-16(14-31)34-22)30(24)23-18-3-2-4-19(18)23/h5-13,18-19,23,31H,2-4,14H2,1H3/t18-,19+,23?. The van der Waals surface area contributed by atoms with Gasteiger partial charge in [0, 0.05) is 17.6 Å². The Morgan fingerprint density at radius 3 is 2.57 bits per heavy atom. The molecule has 178 valence electrons. The summed E-state index contributed by atoms with van der Waals surface area (Å²) < 4.78 is 36.3. The predicted octanol–water partition coefficient (Wildman–Crippen LogP) is 4.65. The van der Waals surface area contributed by atoms with Gasteiger partial charge in [-0.05, 0) is 61.9 Å². The van der Waals surface area contributed by atoms with Crippen LogP contribution in [0.15, 0.2) is 64.2 Å². The molecular weight excluding hydrogens is 464 g/mol. The van der Waals surface area contributed by atoms with Gasteiger partial charge < -0.3 is 14.1 Å². The fourth-order valence-electron chi connectivity index (χ4n) is 5.88. The van der Waals surface area contributed by atoms with Gasteiger partial charge in [-0.1, -0.05) is 24.1 Å². The van der Waals surface area contributed by atoms with Gasteiger partial charge in [0.05, 0.1) is 16.6 Å². The predicted molar refractivity (Wildman–Crippen MR) is 130 cm³/mol. The van der Waals surface area contributed by atoms with E-state index >= 15 is 0 Å². The van der Waals surface area contributed by atoms with Gasteiger partial charge >= 0.3 is 0 Å². The van der Waals surface area contributed by atoms with E-state index in [0.29, 0.717) is 46.4 Å². The third-order valence-corrected chi connectivity index (χ3v) is 9.28. The first-order valence-corrected chi connectivity index (χ1v) is 13.3. The molecule has 0 amide bonds. The quantitative estimate of drug-likeness (QED) is 0.386. The molecule has 7 rings (SSSR count). The number of hydrogen-bond donors (Lipinski definition) is 1. The lowest BCUT2D eigenvalue weighted by molar-refractivity contribution is 0.248. The first kappa shape index (κ1) is 20.9. The largest absolute Gasteiger partial charge is 0.455 e. The van der Waals surface area contributed by atoms with Crippen molar-refractivity contribution < 1.29 is 17.9 Å². The van der Waals surface area contributed by atoms with Gasteiger partial charge in [0.15, 0.2) is 17.2 Å². The highest BCUT2D eigenvalue weighted by atomic mass is 32.2. The van der Waals surface area contributed by atoms with Crippen molar-refractivity contribution in [3.8, 4) is 11.6 Å². The van der Waals surface area contributed by atoms with Crippen LogP contribution in [0, 0.1) is 18.8 Å². The number of aliphatic hydroxyl groups is 1. The zero-order valence-electron chi connectivity index (χ0n) is 19.1. The first-order valence-electron chi connectivity index (χ1n) is 11.9. The Morgan fingerprint density at radius 2 is 1.86 bits per heavy atom. The van der Waals surface area contributed by atoms with Crippen LogP contribution in [0.25, 0.3) is 33.7 Å². The van der Waals surface area contributed by atoms with E-state index in [1.54, 1.807) is 42.7 Å². The molecule has 0 radical (unpaired) electrons. The molecule has 9 heteroatoms. The molecule has 0 spiro atoms. The highest BCUT2D eigenvalue weighted by Gasteiger charge is 2.55. The van der Waals surface area contributed by atoms with Crippen molar-refractivity contribution in [1.82, 2.24) is 18.5 Å². The third-order valence-electron chi connectivity index (χ3n) is 7.60. The Bertz CT molecular complexity index is 1700. The van der Waals surface area contributed by atoms with Crippen molar-refractivity contribution in [2.75, 3.05) is 0 Å². The molecule has 35 heavy (non-hydrogen) atoms. The maximum Gasteiger partial charge on any atom is 0.269 e. The van der Waals surface area contributed by atoms with Gasteiger partial charge in [-0.15, -0.1) is 0 Å². The summed E-state index contributed by atoms with van der Waals surface area (Å²) in [6.45, 7) is 1.74. The maximum absolute atomic E-state index is 13.5. The van der Waals surface area contributed by atoms with E-state index in [1.165, 1.54) is 23.2 Å². The molecule has 3 atom stereocenters. The Labute approximate surface area is 201 Å². The maximum atomic E-state index is 13.5. The fraction of sp³-hybridized carbons (Fsp3) is 0.308. The number of furan rings is 1. The minimum absolute atomic E-state index is 0.180. The monoisotopic (exact) mass is 488 g/mol. The molecular formula is C26H24N4O4S. The van der Waals surface area contributed by atoms with E-state index in [-0.39, 0.29) is 11.5 Å². The van der Waals surface area contributed by atoms with Crippen LogP contribution in [0.5, 0.6) is 0 Å². The highest BCUT2D eigenvalue weighted by molar-refractivity contribution is 7.90. The van der Waals surface area contributed by atoms with E-state index < -0.39 is 10.0 Å². The summed E-state index contributed by atoms with van der Waals surface area (Å²) in [5.41, 5.74) is 2.95. The van der Waals surface area contributed by atoms with Crippen LogP contribution in [0.2, 0.25) is 0 Å². The van der Waals surface area contributed by atoms with E-state index in [4.69, 9.17) is 9.40 Å². The SMILES string of the molecule is Cc1ccc(S(=O)(=O)n2ccc3c2ncc2nc(-c4ccc(CO)o4)n(C4[C@H]5CCC[C@@H]45)c23)cc1. The average molecular weight is 489 g/mol. The molecule has 4 aromatic heterocycles. The normalized spacial score (nSPS) is 21.7. The van der Waals surface area contributed by atoms with Gasteiger partial charge in [-0.25, -0.2) is 22.4 Å². The zero-order valence-corrected chi connectivity index (χ0v) is 19.9. The first-order chi connectivity index (χ1) is 17.0. The molecule has 1 N–H and O–H groups in total. The van der Waals surface area contributed by atoms with Crippen LogP contribution >= 0.6 is 0 Å². The number of benzene rings is 1. The molecule has 4 heterocycles. The van der Waals surface area contributed by atoms with Crippen molar-refractivity contribution in [3.05, 3.63) is 66.2 Å². The molecule has 2 saturated carbocycles. The van der Waals surface area contributed by atoms with Crippen molar-refractivity contribution in [2.45, 2.75) is 43.7 Å². The Morgan fingerprint density at radius 1 is 1.09 bits per heavy atom. The number of pyridine rings is 1. The number of rotatable bonds is 5. The molecule has 2 fully saturated rings. The van der Waals surface area contributed by atoms with Crippen molar-refractivity contribution in [3.63, 3.8) is 0 Å². The second-order valence-electron chi connectivity index (χ2n) is 9.64. The molecule has 0 aliphatic heterocycles. The highest BCUT2D eigenvalue weighted by Crippen LogP contribution is 2.62. The van der Waals surface area contributed by atoms with Crippen molar-refractivity contribution in [2.24, 2.45) is 11.8 Å². The lowest BCUT2D eigenvalue weighted by Gasteiger charge is -2.11. The minimum Gasteiger partial charge on any atom is -0.455 e. The van der Waals surface area contributed by atoms with Gasteiger partial charge in [0.25, 0.3) is 10.0 Å². The summed E-state index contributed by atoms with van der Waals surface area (Å²) in [4.78, 5) is 9.64. The van der Waals surface area contributed by atoms with E-state index in [1.807, 2.05) is 19.1 Å². The molecule has 1 unspecified atom stereocenters. The number of aromatic nitrogens is 4. The molecule has 5 aromatic rings. The Kier molecular flexibility index (Phi) is 4.35. The number of hydrogen-bond acceptors (Lipinski definition) is 6. The van der Waals surface area contributed by atoms with Gasteiger partial charge in [0.1, 0.15) is 17.9 Å². The van der Waals surface area contributed by atoms with Gasteiger partial charge in [-0.2, -0.15) is 0 Å². The Hall–Kier alpha value is -3.43. The van der Waals surface area contributed by atoms with Crippen LogP contribution in [-0.2, 0) is 16.6 Å². The summed E-state index contributed by atoms with van der Waals surface area (Å²) in [6.07, 6.45) is 6.84. The second-order valence-corrected chi connectivity index (χ2v) is 11.5. The van der Waals surface area contributed by atoms with Crippen molar-refractivity contribution >= 4 is 32.1 Å². The van der Waals surface area contributed by atoms with Crippen LogP contribution in [0.1, 0.15) is 36.6 Å². The summed E-state index contributed by atoms with van der Waals surface area (Å²) in [5, 5.41) is 10.2. The second kappa shape index (κ2) is 7.29. The van der Waals surface area contributed by atoms with Gasteiger partial charge in [0.2, 0.25) is 0 Å². The Balaban J connectivity index is 1.46. The smallest absolute Gasteiger partial charge is 0.269 e. The van der Waals surface area contributed by atoms with E-state index in [9.17, 15) is 13.5 Å². The zero-order chi connectivity index (χ0) is 23.9. The molecule has 0 bridgehead atoms. The van der Waals surface area contributed by atoms with Crippen LogP contribution in [0.3, 0.4) is 0 Å². The molecule has 1 aromatic carbocycles. The molecule has 8 nitrogen and oxygen atoms in total. The number of fused-ring (bicyclic) bond motifs is 4. The lowest BCUT2D eigenvalue weighted by atomic mass is 10.2. The molecule has 0 saturated heterocycles. The third kappa shape index (κ3) is 2.98.